The topological polar surface area (TPSA) is 46.2 Å². The molecule has 0 radical (unpaired) electrons. The quantitative estimate of drug-likeness (QED) is 0.573. The van der Waals surface area contributed by atoms with Crippen LogP contribution in [-0.2, 0) is 0 Å². The van der Waals surface area contributed by atoms with E-state index in [1.165, 1.54) is 0 Å². The van der Waals surface area contributed by atoms with Crippen molar-refractivity contribution >= 4 is 45.2 Å². The van der Waals surface area contributed by atoms with Crippen molar-refractivity contribution in [3.05, 3.63) is 0 Å². The van der Waals surface area contributed by atoms with Gasteiger partial charge in [-0.05, 0) is 0 Å². The standard InChI is InChI=1S/C3H7I2NO/c4-2(1-6)3(5)7/h2-3,7H,1,6H2. The predicted molar refractivity (Wildman–Crippen MR) is 46.9 cm³/mol. The summed E-state index contributed by atoms with van der Waals surface area (Å²) in [5, 5.41) is 8.72. The zero-order valence-electron chi connectivity index (χ0n) is 3.64. The molecule has 0 heterocycles. The van der Waals surface area contributed by atoms with Gasteiger partial charge in [0.25, 0.3) is 0 Å². The van der Waals surface area contributed by atoms with Gasteiger partial charge in [-0.1, -0.05) is 45.2 Å². The number of rotatable bonds is 2. The van der Waals surface area contributed by atoms with Crippen LogP contribution in [0.5, 0.6) is 0 Å². The van der Waals surface area contributed by atoms with Crippen molar-refractivity contribution in [3.8, 4) is 0 Å². The third-order valence-electron chi connectivity index (χ3n) is 0.524. The largest absolute Gasteiger partial charge is 0.382 e. The number of aliphatic hydroxyl groups excluding tert-OH is 1. The maximum atomic E-state index is 8.72. The molecule has 0 rings (SSSR count). The summed E-state index contributed by atoms with van der Waals surface area (Å²) in [5.41, 5.74) is 5.20. The second kappa shape index (κ2) is 4.28. The van der Waals surface area contributed by atoms with Crippen LogP contribution in [0, 0.1) is 0 Å². The SMILES string of the molecule is NCC(I)C(O)I. The molecular weight excluding hydrogens is 320 g/mol. The second-order valence-electron chi connectivity index (χ2n) is 1.12. The lowest BCUT2D eigenvalue weighted by molar-refractivity contribution is 0.281. The van der Waals surface area contributed by atoms with E-state index in [1.54, 1.807) is 0 Å². The van der Waals surface area contributed by atoms with Crippen LogP contribution in [0.15, 0.2) is 0 Å². The Kier molecular flexibility index (Phi) is 5.12. The summed E-state index contributed by atoms with van der Waals surface area (Å²) in [4.78, 5) is 0. The van der Waals surface area contributed by atoms with Crippen LogP contribution in [0.4, 0.5) is 0 Å². The molecule has 0 spiro atoms. The van der Waals surface area contributed by atoms with Crippen LogP contribution >= 0.6 is 45.2 Å². The Morgan fingerprint density at radius 3 is 2.00 bits per heavy atom. The van der Waals surface area contributed by atoms with Gasteiger partial charge in [0.1, 0.15) is 4.11 Å². The van der Waals surface area contributed by atoms with E-state index in [9.17, 15) is 0 Å². The Bertz CT molecular complexity index is 50.2. The highest BCUT2D eigenvalue weighted by Gasteiger charge is 2.07. The Balaban J connectivity index is 3.14. The molecule has 44 valence electrons. The molecule has 2 atom stereocenters. The van der Waals surface area contributed by atoms with E-state index in [1.807, 2.05) is 22.6 Å². The molecule has 7 heavy (non-hydrogen) atoms. The van der Waals surface area contributed by atoms with Crippen LogP contribution in [0.1, 0.15) is 0 Å². The molecule has 2 unspecified atom stereocenters. The van der Waals surface area contributed by atoms with E-state index in [2.05, 4.69) is 22.6 Å². The Morgan fingerprint density at radius 1 is 1.57 bits per heavy atom. The van der Waals surface area contributed by atoms with Crippen LogP contribution in [-0.4, -0.2) is 19.7 Å². The minimum atomic E-state index is -0.303. The van der Waals surface area contributed by atoms with E-state index < -0.39 is 0 Å². The van der Waals surface area contributed by atoms with Gasteiger partial charge >= 0.3 is 0 Å². The molecule has 0 saturated carbocycles. The molecule has 0 aliphatic carbocycles. The van der Waals surface area contributed by atoms with Gasteiger partial charge in [0.2, 0.25) is 0 Å². The minimum Gasteiger partial charge on any atom is -0.382 e. The summed E-state index contributed by atoms with van der Waals surface area (Å²) in [6, 6.07) is 0. The van der Waals surface area contributed by atoms with Crippen molar-refractivity contribution in [2.45, 2.75) is 8.04 Å². The number of nitrogens with two attached hydrogens (primary N) is 1. The van der Waals surface area contributed by atoms with Crippen molar-refractivity contribution in [3.63, 3.8) is 0 Å². The summed E-state index contributed by atoms with van der Waals surface area (Å²) < 4.78 is -0.110. The first-order valence-electron chi connectivity index (χ1n) is 1.84. The molecule has 0 aromatic carbocycles. The Labute approximate surface area is 70.1 Å². The molecule has 2 nitrogen and oxygen atoms in total. The monoisotopic (exact) mass is 327 g/mol. The minimum absolute atomic E-state index is 0.193. The molecular formula is C3H7I2NO. The third kappa shape index (κ3) is 3.92. The number of hydrogen-bond acceptors (Lipinski definition) is 2. The average Bonchev–Trinajstić information content (AvgIpc) is 1.65. The number of aliphatic hydroxyl groups is 1. The molecule has 0 aromatic rings. The van der Waals surface area contributed by atoms with E-state index in [0.29, 0.717) is 6.54 Å². The van der Waals surface area contributed by atoms with Gasteiger partial charge in [-0.2, -0.15) is 0 Å². The van der Waals surface area contributed by atoms with Gasteiger partial charge in [0.15, 0.2) is 0 Å². The fourth-order valence-electron chi connectivity index (χ4n) is 0.112. The zero-order chi connectivity index (χ0) is 5.86. The molecule has 0 aliphatic rings. The molecule has 0 aromatic heterocycles. The smallest absolute Gasteiger partial charge is 0.118 e. The second-order valence-corrected chi connectivity index (χ2v) is 4.00. The van der Waals surface area contributed by atoms with Crippen molar-refractivity contribution in [1.29, 1.82) is 0 Å². The lowest BCUT2D eigenvalue weighted by Gasteiger charge is -2.05. The van der Waals surface area contributed by atoms with Crippen LogP contribution in [0.25, 0.3) is 0 Å². The lowest BCUT2D eigenvalue weighted by atomic mass is 10.5. The fraction of sp³-hybridized carbons (Fsp3) is 1.00. The summed E-state index contributed by atoms with van der Waals surface area (Å²) in [6.07, 6.45) is 0. The van der Waals surface area contributed by atoms with Crippen molar-refractivity contribution in [1.82, 2.24) is 0 Å². The van der Waals surface area contributed by atoms with Gasteiger partial charge in [-0.25, -0.2) is 0 Å². The first kappa shape index (κ1) is 8.38. The highest BCUT2D eigenvalue weighted by atomic mass is 127. The maximum Gasteiger partial charge on any atom is 0.118 e. The first-order valence-corrected chi connectivity index (χ1v) is 4.34. The van der Waals surface area contributed by atoms with E-state index in [4.69, 9.17) is 10.8 Å². The lowest BCUT2D eigenvalue weighted by Crippen LogP contribution is -2.22. The molecule has 0 bridgehead atoms. The van der Waals surface area contributed by atoms with Crippen LogP contribution < -0.4 is 5.73 Å². The molecule has 0 fully saturated rings. The highest BCUT2D eigenvalue weighted by Crippen LogP contribution is 2.09. The van der Waals surface area contributed by atoms with Crippen LogP contribution in [0.2, 0.25) is 0 Å². The Hall–Kier alpha value is 1.38. The molecule has 0 aliphatic heterocycles. The zero-order valence-corrected chi connectivity index (χ0v) is 7.96. The highest BCUT2D eigenvalue weighted by molar-refractivity contribution is 14.1. The molecule has 4 heteroatoms. The van der Waals surface area contributed by atoms with Crippen molar-refractivity contribution < 1.29 is 5.11 Å². The summed E-state index contributed by atoms with van der Waals surface area (Å²) >= 11 is 4.05. The third-order valence-corrected chi connectivity index (χ3v) is 3.96. The van der Waals surface area contributed by atoms with Gasteiger partial charge in [-0.3, -0.25) is 0 Å². The summed E-state index contributed by atoms with van der Waals surface area (Å²) in [5.74, 6) is 0. The van der Waals surface area contributed by atoms with E-state index in [0.717, 1.165) is 0 Å². The summed E-state index contributed by atoms with van der Waals surface area (Å²) in [7, 11) is 0. The van der Waals surface area contributed by atoms with Gasteiger partial charge in [-0.15, -0.1) is 0 Å². The normalized spacial score (nSPS) is 18.9. The van der Waals surface area contributed by atoms with Crippen molar-refractivity contribution in [2.75, 3.05) is 6.54 Å². The number of halogens is 2. The fourth-order valence-corrected chi connectivity index (χ4v) is 0.406. The van der Waals surface area contributed by atoms with Crippen molar-refractivity contribution in [2.24, 2.45) is 5.73 Å². The van der Waals surface area contributed by atoms with Gasteiger partial charge < -0.3 is 10.8 Å². The average molecular weight is 327 g/mol. The Morgan fingerprint density at radius 2 is 2.00 bits per heavy atom. The molecule has 0 saturated heterocycles. The van der Waals surface area contributed by atoms with E-state index >= 15 is 0 Å². The molecule has 0 amide bonds. The van der Waals surface area contributed by atoms with Gasteiger partial charge in [0, 0.05) is 6.54 Å². The van der Waals surface area contributed by atoms with Crippen LogP contribution in [0.3, 0.4) is 0 Å². The van der Waals surface area contributed by atoms with E-state index in [-0.39, 0.29) is 8.04 Å². The number of hydrogen-bond donors (Lipinski definition) is 2. The summed E-state index contributed by atoms with van der Waals surface area (Å²) in [6.45, 7) is 0.546. The molecule has 3 N–H and O–H groups in total. The number of alkyl halides is 2. The van der Waals surface area contributed by atoms with Gasteiger partial charge in [0.05, 0.1) is 3.92 Å². The predicted octanol–water partition coefficient (Wildman–Crippen LogP) is 0.502. The maximum absolute atomic E-state index is 8.72. The first-order chi connectivity index (χ1) is 3.18.